The third kappa shape index (κ3) is 22.6. The van der Waals surface area contributed by atoms with E-state index in [1.54, 1.807) is 0 Å². The van der Waals surface area contributed by atoms with Crippen molar-refractivity contribution in [2.75, 3.05) is 27.2 Å². The van der Waals surface area contributed by atoms with Gasteiger partial charge < -0.3 is 4.90 Å². The van der Waals surface area contributed by atoms with Crippen LogP contribution in [-0.4, -0.2) is 38.1 Å². The maximum absolute atomic E-state index is 6.46. The molecule has 0 atom stereocenters. The second-order valence-electron chi connectivity index (χ2n) is 2.15. The summed E-state index contributed by atoms with van der Waals surface area (Å²) in [5.74, 6) is 0. The van der Waals surface area contributed by atoms with Crippen LogP contribution >= 0.6 is 12.4 Å². The number of nitrogens with one attached hydrogen (secondary N) is 1. The van der Waals surface area contributed by atoms with Crippen LogP contribution in [0.5, 0.6) is 0 Å². The minimum atomic E-state index is 0. The van der Waals surface area contributed by atoms with Gasteiger partial charge >= 0.3 is 0 Å². The van der Waals surface area contributed by atoms with Crippen LogP contribution in [0.3, 0.4) is 0 Å². The van der Waals surface area contributed by atoms with Gasteiger partial charge in [0.1, 0.15) is 0 Å². The summed E-state index contributed by atoms with van der Waals surface area (Å²) in [6.45, 7) is 5.76. The van der Waals surface area contributed by atoms with E-state index in [1.807, 2.05) is 34.0 Å². The number of hydrogen-bond donors (Lipinski definition) is 1. The van der Waals surface area contributed by atoms with Crippen LogP contribution in [0.2, 0.25) is 0 Å². The summed E-state index contributed by atoms with van der Waals surface area (Å²) < 4.78 is 0. The minimum absolute atomic E-state index is 0. The van der Waals surface area contributed by atoms with Gasteiger partial charge in [-0.1, -0.05) is 13.8 Å². The number of aliphatic imine (C=N–C) groups is 1. The lowest BCUT2D eigenvalue weighted by atomic mass is 10.4. The van der Waals surface area contributed by atoms with Crippen molar-refractivity contribution in [1.82, 2.24) is 4.90 Å². The Labute approximate surface area is 81.8 Å². The Morgan fingerprint density at radius 2 is 1.83 bits per heavy atom. The summed E-state index contributed by atoms with van der Waals surface area (Å²) in [6.07, 6.45) is 1.01. The molecule has 4 heteroatoms. The van der Waals surface area contributed by atoms with Gasteiger partial charge in [0.05, 0.1) is 12.6 Å². The van der Waals surface area contributed by atoms with E-state index in [4.69, 9.17) is 5.41 Å². The lowest BCUT2D eigenvalue weighted by molar-refractivity contribution is 0.403. The molecule has 0 saturated carbocycles. The molecule has 74 valence electrons. The molecule has 0 amide bonds. The van der Waals surface area contributed by atoms with Gasteiger partial charge in [0.2, 0.25) is 0 Å². The molecule has 0 heterocycles. The molecule has 0 saturated heterocycles. The van der Waals surface area contributed by atoms with Crippen molar-refractivity contribution in [2.24, 2.45) is 4.99 Å². The third-order valence-electron chi connectivity index (χ3n) is 0.954. The van der Waals surface area contributed by atoms with Gasteiger partial charge in [-0.15, -0.1) is 12.4 Å². The van der Waals surface area contributed by atoms with E-state index >= 15 is 0 Å². The first-order chi connectivity index (χ1) is 5.27. The molecule has 0 aliphatic heterocycles. The SMILES string of the molecule is CC.CN(C)CCCN=C=N.Cl. The van der Waals surface area contributed by atoms with E-state index in [2.05, 4.69) is 9.89 Å². The molecule has 0 aliphatic rings. The van der Waals surface area contributed by atoms with Crippen LogP contribution in [0.15, 0.2) is 4.99 Å². The van der Waals surface area contributed by atoms with E-state index in [-0.39, 0.29) is 12.4 Å². The van der Waals surface area contributed by atoms with Crippen molar-refractivity contribution in [3.05, 3.63) is 0 Å². The largest absolute Gasteiger partial charge is 0.309 e. The molecule has 0 unspecified atom stereocenters. The van der Waals surface area contributed by atoms with Crippen molar-refractivity contribution < 1.29 is 0 Å². The molecular formula is C8H20ClN3. The highest BCUT2D eigenvalue weighted by molar-refractivity contribution is 5.85. The minimum Gasteiger partial charge on any atom is -0.309 e. The molecule has 0 bridgehead atoms. The lowest BCUT2D eigenvalue weighted by Gasteiger charge is -2.05. The molecule has 0 rings (SSSR count). The Bertz CT molecular complexity index is 109. The van der Waals surface area contributed by atoms with Crippen LogP contribution in [0.1, 0.15) is 20.3 Å². The summed E-state index contributed by atoms with van der Waals surface area (Å²) in [7, 11) is 4.04. The Balaban J connectivity index is -0.000000249. The van der Waals surface area contributed by atoms with Crippen molar-refractivity contribution >= 4 is 18.4 Å². The summed E-state index contributed by atoms with van der Waals surface area (Å²) >= 11 is 0. The zero-order valence-corrected chi connectivity index (χ0v) is 9.24. The predicted octanol–water partition coefficient (Wildman–Crippen LogP) is 2.14. The Hall–Kier alpha value is -0.370. The van der Waals surface area contributed by atoms with E-state index < -0.39 is 0 Å². The van der Waals surface area contributed by atoms with Gasteiger partial charge in [0, 0.05) is 0 Å². The third-order valence-corrected chi connectivity index (χ3v) is 0.954. The van der Waals surface area contributed by atoms with Gasteiger partial charge in [-0.3, -0.25) is 0 Å². The molecule has 0 spiro atoms. The van der Waals surface area contributed by atoms with Gasteiger partial charge in [-0.25, -0.2) is 10.4 Å². The van der Waals surface area contributed by atoms with Crippen molar-refractivity contribution in [3.8, 4) is 0 Å². The monoisotopic (exact) mass is 193 g/mol. The van der Waals surface area contributed by atoms with Crippen molar-refractivity contribution in [1.29, 1.82) is 5.41 Å². The number of rotatable bonds is 4. The zero-order valence-electron chi connectivity index (χ0n) is 8.42. The first kappa shape index (κ1) is 17.6. The fourth-order valence-electron chi connectivity index (χ4n) is 0.522. The van der Waals surface area contributed by atoms with Gasteiger partial charge in [-0.05, 0) is 27.1 Å². The predicted molar refractivity (Wildman–Crippen MR) is 56.8 cm³/mol. The average Bonchev–Trinajstić information content (AvgIpc) is 2.02. The van der Waals surface area contributed by atoms with Gasteiger partial charge in [-0.2, -0.15) is 0 Å². The van der Waals surface area contributed by atoms with Crippen molar-refractivity contribution in [2.45, 2.75) is 20.3 Å². The van der Waals surface area contributed by atoms with E-state index in [0.29, 0.717) is 0 Å². The standard InChI is InChI=1S/C6H13N3.C2H6.ClH/c1-9(2)5-3-4-8-6-7;1-2;/h7H,3-5H2,1-2H3;1-2H3;1H. The topological polar surface area (TPSA) is 39.5 Å². The quantitative estimate of drug-likeness (QED) is 0.540. The van der Waals surface area contributed by atoms with Crippen LogP contribution < -0.4 is 0 Å². The highest BCUT2D eigenvalue weighted by Gasteiger charge is 1.86. The van der Waals surface area contributed by atoms with Gasteiger partial charge in [0.25, 0.3) is 0 Å². The fraction of sp³-hybridized carbons (Fsp3) is 0.875. The lowest BCUT2D eigenvalue weighted by Crippen LogP contribution is -2.13. The number of halogens is 1. The Morgan fingerprint density at radius 3 is 2.17 bits per heavy atom. The molecule has 0 aromatic carbocycles. The molecule has 0 aromatic rings. The van der Waals surface area contributed by atoms with Gasteiger partial charge in [0.15, 0.2) is 0 Å². The summed E-state index contributed by atoms with van der Waals surface area (Å²) in [6, 6.07) is 2.00. The Morgan fingerprint density at radius 1 is 1.33 bits per heavy atom. The zero-order chi connectivity index (χ0) is 9.11. The van der Waals surface area contributed by atoms with Crippen LogP contribution in [0.25, 0.3) is 0 Å². The number of hydrogen-bond acceptors (Lipinski definition) is 3. The normalized spacial score (nSPS) is 7.42. The second kappa shape index (κ2) is 16.9. The first-order valence-electron chi connectivity index (χ1n) is 4.00. The maximum Gasteiger partial charge on any atom is 0.0861 e. The summed E-state index contributed by atoms with van der Waals surface area (Å²) in [5.41, 5.74) is 0. The maximum atomic E-state index is 6.46. The molecule has 0 aliphatic carbocycles. The molecule has 1 N–H and O–H groups in total. The molecule has 0 fully saturated rings. The smallest absolute Gasteiger partial charge is 0.0861 e. The fourth-order valence-corrected chi connectivity index (χ4v) is 0.522. The van der Waals surface area contributed by atoms with E-state index in [9.17, 15) is 0 Å². The highest BCUT2D eigenvalue weighted by Crippen LogP contribution is 1.82. The van der Waals surface area contributed by atoms with Crippen LogP contribution in [0, 0.1) is 5.41 Å². The van der Waals surface area contributed by atoms with E-state index in [0.717, 1.165) is 19.5 Å². The highest BCUT2D eigenvalue weighted by atomic mass is 35.5. The first-order valence-corrected chi connectivity index (χ1v) is 4.00. The molecule has 3 nitrogen and oxygen atoms in total. The molecule has 12 heavy (non-hydrogen) atoms. The van der Waals surface area contributed by atoms with Crippen molar-refractivity contribution in [3.63, 3.8) is 0 Å². The molecule has 0 radical (unpaired) electrons. The summed E-state index contributed by atoms with van der Waals surface area (Å²) in [5, 5.41) is 6.46. The Kier molecular flexibility index (Phi) is 24.9. The van der Waals surface area contributed by atoms with Crippen LogP contribution in [0.4, 0.5) is 0 Å². The van der Waals surface area contributed by atoms with Crippen LogP contribution in [-0.2, 0) is 0 Å². The van der Waals surface area contributed by atoms with E-state index in [1.165, 1.54) is 0 Å². The summed E-state index contributed by atoms with van der Waals surface area (Å²) in [4.78, 5) is 5.73. The average molecular weight is 194 g/mol. The number of nitrogens with zero attached hydrogens (tertiary/aromatic N) is 2. The second-order valence-corrected chi connectivity index (χ2v) is 2.15. The molecule has 0 aromatic heterocycles. The molecular weight excluding hydrogens is 174 g/mol.